The van der Waals surface area contributed by atoms with Crippen molar-refractivity contribution in [3.8, 4) is 0 Å². The first-order valence-corrected chi connectivity index (χ1v) is 8.21. The fraction of sp³-hybridized carbons (Fsp3) is 0.600. The molecule has 18 heavy (non-hydrogen) atoms. The predicted octanol–water partition coefficient (Wildman–Crippen LogP) is 4.87. The third kappa shape index (κ3) is 3.91. The Morgan fingerprint density at radius 3 is 2.78 bits per heavy atom. The van der Waals surface area contributed by atoms with Gasteiger partial charge in [0.05, 0.1) is 5.02 Å². The molecular weight excluding hydrogens is 262 g/mol. The highest BCUT2D eigenvalue weighted by molar-refractivity contribution is 8.00. The molecule has 0 saturated heterocycles. The molecule has 0 spiro atoms. The zero-order valence-corrected chi connectivity index (χ0v) is 12.6. The first kappa shape index (κ1) is 14.2. The molecule has 0 aliphatic heterocycles. The van der Waals surface area contributed by atoms with E-state index in [4.69, 9.17) is 11.6 Å². The zero-order chi connectivity index (χ0) is 12.8. The van der Waals surface area contributed by atoms with Crippen LogP contribution < -0.4 is 5.32 Å². The lowest BCUT2D eigenvalue weighted by Crippen LogP contribution is -2.14. The lowest BCUT2D eigenvalue weighted by Gasteiger charge is -2.23. The number of hydrogen-bond donors (Lipinski definition) is 1. The summed E-state index contributed by atoms with van der Waals surface area (Å²) in [5, 5.41) is 5.08. The normalized spacial score (nSPS) is 17.0. The first-order valence-electron chi connectivity index (χ1n) is 6.96. The number of hydrogen-bond acceptors (Lipinski definition) is 2. The van der Waals surface area contributed by atoms with Gasteiger partial charge in [0, 0.05) is 16.7 Å². The van der Waals surface area contributed by atoms with Crippen molar-refractivity contribution in [1.29, 1.82) is 0 Å². The molecule has 0 atom stereocenters. The summed E-state index contributed by atoms with van der Waals surface area (Å²) in [6, 6.07) is 6.27. The van der Waals surface area contributed by atoms with Gasteiger partial charge in [-0.05, 0) is 31.0 Å². The Balaban J connectivity index is 2.08. The van der Waals surface area contributed by atoms with E-state index in [1.807, 2.05) is 17.8 Å². The van der Waals surface area contributed by atoms with Crippen molar-refractivity contribution in [1.82, 2.24) is 5.32 Å². The van der Waals surface area contributed by atoms with E-state index in [2.05, 4.69) is 24.4 Å². The Bertz CT molecular complexity index is 375. The molecule has 100 valence electrons. The van der Waals surface area contributed by atoms with Gasteiger partial charge in [-0.1, -0.05) is 49.9 Å². The van der Waals surface area contributed by atoms with Crippen LogP contribution in [-0.2, 0) is 6.54 Å². The van der Waals surface area contributed by atoms with Gasteiger partial charge >= 0.3 is 0 Å². The number of nitrogens with one attached hydrogen (secondary N) is 1. The summed E-state index contributed by atoms with van der Waals surface area (Å²) in [4.78, 5) is 1.30. The second-order valence-corrected chi connectivity index (χ2v) is 6.60. The molecule has 0 aromatic heterocycles. The molecule has 3 heteroatoms. The minimum Gasteiger partial charge on any atom is -0.313 e. The third-order valence-corrected chi connectivity index (χ3v) is 5.40. The van der Waals surface area contributed by atoms with Gasteiger partial charge < -0.3 is 5.32 Å². The minimum absolute atomic E-state index is 0.763. The maximum Gasteiger partial charge on any atom is 0.0545 e. The van der Waals surface area contributed by atoms with Crippen LogP contribution in [0.25, 0.3) is 0 Å². The van der Waals surface area contributed by atoms with E-state index in [1.165, 1.54) is 42.6 Å². The molecule has 0 radical (unpaired) electrons. The Labute approximate surface area is 120 Å². The van der Waals surface area contributed by atoms with Gasteiger partial charge in [-0.25, -0.2) is 0 Å². The van der Waals surface area contributed by atoms with Crippen LogP contribution in [0.4, 0.5) is 0 Å². The summed E-state index contributed by atoms with van der Waals surface area (Å²) >= 11 is 8.38. The molecule has 0 bridgehead atoms. The fourth-order valence-electron chi connectivity index (χ4n) is 2.43. The molecule has 1 fully saturated rings. The van der Waals surface area contributed by atoms with E-state index in [0.717, 1.165) is 23.4 Å². The summed E-state index contributed by atoms with van der Waals surface area (Å²) < 4.78 is 0. The lowest BCUT2D eigenvalue weighted by atomic mass is 10.0. The molecular formula is C15H22ClNS. The predicted molar refractivity (Wildman–Crippen MR) is 81.6 cm³/mol. The van der Waals surface area contributed by atoms with Crippen molar-refractivity contribution in [3.63, 3.8) is 0 Å². The van der Waals surface area contributed by atoms with Gasteiger partial charge in [0.15, 0.2) is 0 Å². The Hall–Kier alpha value is -0.180. The molecule has 1 aromatic rings. The van der Waals surface area contributed by atoms with Gasteiger partial charge in [-0.2, -0.15) is 0 Å². The highest BCUT2D eigenvalue weighted by Gasteiger charge is 2.17. The van der Waals surface area contributed by atoms with Crippen LogP contribution in [0.2, 0.25) is 5.02 Å². The van der Waals surface area contributed by atoms with Crippen molar-refractivity contribution in [2.24, 2.45) is 0 Å². The highest BCUT2D eigenvalue weighted by atomic mass is 35.5. The highest BCUT2D eigenvalue weighted by Crippen LogP contribution is 2.38. The van der Waals surface area contributed by atoms with Crippen molar-refractivity contribution < 1.29 is 0 Å². The summed E-state index contributed by atoms with van der Waals surface area (Å²) in [6.45, 7) is 4.06. The zero-order valence-electron chi connectivity index (χ0n) is 11.0. The summed E-state index contributed by atoms with van der Waals surface area (Å²) in [6.07, 6.45) is 6.85. The molecule has 2 rings (SSSR count). The van der Waals surface area contributed by atoms with Gasteiger partial charge in [-0.3, -0.25) is 0 Å². The van der Waals surface area contributed by atoms with E-state index >= 15 is 0 Å². The van der Waals surface area contributed by atoms with Crippen molar-refractivity contribution in [3.05, 3.63) is 28.8 Å². The number of halogens is 1. The second kappa shape index (κ2) is 7.42. The van der Waals surface area contributed by atoms with Gasteiger partial charge in [-0.15, -0.1) is 11.8 Å². The maximum atomic E-state index is 6.38. The Morgan fingerprint density at radius 1 is 1.28 bits per heavy atom. The van der Waals surface area contributed by atoms with Crippen LogP contribution in [0.3, 0.4) is 0 Å². The standard InChI is InChI=1S/C15H22ClNS/c1-2-17-11-12-7-6-10-14(16)15(12)18-13-8-4-3-5-9-13/h6-7,10,13,17H,2-5,8-9,11H2,1H3. The Morgan fingerprint density at radius 2 is 2.06 bits per heavy atom. The van der Waals surface area contributed by atoms with Gasteiger partial charge in [0.25, 0.3) is 0 Å². The average Bonchev–Trinajstić information content (AvgIpc) is 2.41. The van der Waals surface area contributed by atoms with E-state index in [0.29, 0.717) is 0 Å². The molecule has 1 nitrogen and oxygen atoms in total. The molecule has 0 unspecified atom stereocenters. The molecule has 1 N–H and O–H groups in total. The number of benzene rings is 1. The topological polar surface area (TPSA) is 12.0 Å². The van der Waals surface area contributed by atoms with Gasteiger partial charge in [0.2, 0.25) is 0 Å². The SMILES string of the molecule is CCNCc1cccc(Cl)c1SC1CCCCC1. The molecule has 1 saturated carbocycles. The molecule has 1 aliphatic rings. The largest absolute Gasteiger partial charge is 0.313 e. The van der Waals surface area contributed by atoms with Crippen molar-refractivity contribution in [2.75, 3.05) is 6.54 Å². The quantitative estimate of drug-likeness (QED) is 0.827. The molecule has 0 amide bonds. The summed E-state index contributed by atoms with van der Waals surface area (Å²) in [7, 11) is 0. The average molecular weight is 284 g/mol. The molecule has 1 aromatic carbocycles. The number of rotatable bonds is 5. The van der Waals surface area contributed by atoms with E-state index in [9.17, 15) is 0 Å². The van der Waals surface area contributed by atoms with E-state index in [-0.39, 0.29) is 0 Å². The van der Waals surface area contributed by atoms with Crippen molar-refractivity contribution in [2.45, 2.75) is 55.7 Å². The minimum atomic E-state index is 0.763. The third-order valence-electron chi connectivity index (χ3n) is 3.45. The van der Waals surface area contributed by atoms with Crippen LogP contribution in [0.15, 0.2) is 23.1 Å². The van der Waals surface area contributed by atoms with Crippen molar-refractivity contribution >= 4 is 23.4 Å². The Kier molecular flexibility index (Phi) is 5.87. The first-order chi connectivity index (χ1) is 8.81. The summed E-state index contributed by atoms with van der Waals surface area (Å²) in [5.41, 5.74) is 1.35. The molecule has 0 heterocycles. The van der Waals surface area contributed by atoms with E-state index < -0.39 is 0 Å². The lowest BCUT2D eigenvalue weighted by molar-refractivity contribution is 0.516. The van der Waals surface area contributed by atoms with Crippen LogP contribution in [0.1, 0.15) is 44.6 Å². The van der Waals surface area contributed by atoms with Crippen LogP contribution in [-0.4, -0.2) is 11.8 Å². The molecule has 1 aliphatic carbocycles. The maximum absolute atomic E-state index is 6.38. The second-order valence-electron chi connectivity index (χ2n) is 4.89. The monoisotopic (exact) mass is 283 g/mol. The summed E-state index contributed by atoms with van der Waals surface area (Å²) in [5.74, 6) is 0. The van der Waals surface area contributed by atoms with Crippen LogP contribution in [0, 0.1) is 0 Å². The smallest absolute Gasteiger partial charge is 0.0545 e. The van der Waals surface area contributed by atoms with Crippen LogP contribution >= 0.6 is 23.4 Å². The number of thioether (sulfide) groups is 1. The van der Waals surface area contributed by atoms with Gasteiger partial charge in [0.1, 0.15) is 0 Å². The fourth-order valence-corrected chi connectivity index (χ4v) is 4.14. The van der Waals surface area contributed by atoms with E-state index in [1.54, 1.807) is 0 Å². The van der Waals surface area contributed by atoms with Crippen LogP contribution in [0.5, 0.6) is 0 Å².